The average molecular weight is 461 g/mol. The Balaban J connectivity index is 1.97. The van der Waals surface area contributed by atoms with E-state index in [9.17, 15) is 9.90 Å². The molecule has 2 aliphatic rings. The number of hydrogen-bond acceptors (Lipinski definition) is 4. The van der Waals surface area contributed by atoms with Gasteiger partial charge < -0.3 is 20.0 Å². The summed E-state index contributed by atoms with van der Waals surface area (Å²) in [6.45, 7) is 0. The Labute approximate surface area is 155 Å². The summed E-state index contributed by atoms with van der Waals surface area (Å²) in [6, 6.07) is 8.13. The highest BCUT2D eigenvalue weighted by Crippen LogP contribution is 2.51. The molecule has 0 bridgehead atoms. The quantitative estimate of drug-likeness (QED) is 0.664. The first-order chi connectivity index (χ1) is 11.0. The van der Waals surface area contributed by atoms with Crippen molar-refractivity contribution < 1.29 is 14.6 Å². The maximum Gasteiger partial charge on any atom is 0.135 e. The van der Waals surface area contributed by atoms with Crippen LogP contribution in [0.15, 0.2) is 30.3 Å². The number of rotatable bonds is 1. The zero-order valence-electron chi connectivity index (χ0n) is 11.5. The number of carbonyl (C=O) groups is 1. The number of benzene rings is 2. The summed E-state index contributed by atoms with van der Waals surface area (Å²) >= 11 is 14.7. The number of ether oxygens (including phenoxy) is 1. The lowest BCUT2D eigenvalue weighted by Crippen LogP contribution is -2.53. The van der Waals surface area contributed by atoms with E-state index in [1.54, 1.807) is 12.1 Å². The summed E-state index contributed by atoms with van der Waals surface area (Å²) in [4.78, 5) is 11.6. The van der Waals surface area contributed by atoms with E-state index < -0.39 is 18.1 Å². The van der Waals surface area contributed by atoms with Crippen molar-refractivity contribution >= 4 is 57.4 Å². The fourth-order valence-electron chi connectivity index (χ4n) is 3.30. The van der Waals surface area contributed by atoms with Crippen LogP contribution in [0.25, 0.3) is 0 Å². The molecule has 2 heterocycles. The molecular weight excluding hydrogens is 452 g/mol. The van der Waals surface area contributed by atoms with Gasteiger partial charge in [0.15, 0.2) is 0 Å². The standard InChI is InChI=1S/C16H10Cl2INO3/c17-6-3-9(18)13-10(4-6)20-14(16(21)22)15-12(13)8-5-7(19)1-2-11(8)23-15/h1-5,12,14-15,20H,(H,21,22)/p-1. The van der Waals surface area contributed by atoms with Crippen LogP contribution in [0.2, 0.25) is 10.0 Å². The highest BCUT2D eigenvalue weighted by atomic mass is 127. The molecule has 0 saturated heterocycles. The minimum Gasteiger partial charge on any atom is -0.548 e. The van der Waals surface area contributed by atoms with Crippen LogP contribution in [0.4, 0.5) is 5.69 Å². The molecule has 0 amide bonds. The summed E-state index contributed by atoms with van der Waals surface area (Å²) < 4.78 is 6.95. The van der Waals surface area contributed by atoms with Crippen LogP contribution in [0.1, 0.15) is 17.0 Å². The van der Waals surface area contributed by atoms with Gasteiger partial charge in [-0.2, -0.15) is 0 Å². The van der Waals surface area contributed by atoms with Crippen molar-refractivity contribution in [2.75, 3.05) is 5.32 Å². The predicted octanol–water partition coefficient (Wildman–Crippen LogP) is 3.03. The van der Waals surface area contributed by atoms with Crippen molar-refractivity contribution in [1.82, 2.24) is 0 Å². The zero-order chi connectivity index (χ0) is 16.3. The zero-order valence-corrected chi connectivity index (χ0v) is 15.1. The van der Waals surface area contributed by atoms with Crippen molar-refractivity contribution in [2.45, 2.75) is 18.1 Å². The molecule has 3 atom stereocenters. The van der Waals surface area contributed by atoms with E-state index in [0.717, 1.165) is 14.7 Å². The van der Waals surface area contributed by atoms with Gasteiger partial charge in [-0.05, 0) is 52.9 Å². The molecule has 0 spiro atoms. The Morgan fingerprint density at radius 3 is 2.78 bits per heavy atom. The first-order valence-corrected chi connectivity index (χ1v) is 8.71. The molecule has 4 nitrogen and oxygen atoms in total. The van der Waals surface area contributed by atoms with Gasteiger partial charge in [-0.3, -0.25) is 0 Å². The van der Waals surface area contributed by atoms with Gasteiger partial charge in [0.25, 0.3) is 0 Å². The van der Waals surface area contributed by atoms with E-state index in [1.165, 1.54) is 0 Å². The summed E-state index contributed by atoms with van der Waals surface area (Å²) in [6.07, 6.45) is -0.612. The van der Waals surface area contributed by atoms with E-state index in [1.807, 2.05) is 18.2 Å². The third kappa shape index (κ3) is 2.37. The topological polar surface area (TPSA) is 61.4 Å². The third-order valence-electron chi connectivity index (χ3n) is 4.20. The third-order valence-corrected chi connectivity index (χ3v) is 5.40. The molecule has 0 aromatic heterocycles. The van der Waals surface area contributed by atoms with Crippen LogP contribution in [0.3, 0.4) is 0 Å². The van der Waals surface area contributed by atoms with Crippen molar-refractivity contribution in [3.63, 3.8) is 0 Å². The number of hydrogen-bond donors (Lipinski definition) is 1. The normalized spacial score (nSPS) is 24.0. The number of carboxylic acids is 1. The van der Waals surface area contributed by atoms with E-state index in [-0.39, 0.29) is 5.92 Å². The maximum atomic E-state index is 11.6. The molecule has 2 aliphatic heterocycles. The largest absolute Gasteiger partial charge is 0.548 e. The number of aliphatic carboxylic acids is 1. The van der Waals surface area contributed by atoms with E-state index >= 15 is 0 Å². The number of anilines is 1. The van der Waals surface area contributed by atoms with Gasteiger partial charge in [0, 0.05) is 30.4 Å². The Kier molecular flexibility index (Phi) is 3.62. The van der Waals surface area contributed by atoms with Gasteiger partial charge in [-0.15, -0.1) is 0 Å². The van der Waals surface area contributed by atoms with Crippen molar-refractivity contribution in [1.29, 1.82) is 0 Å². The van der Waals surface area contributed by atoms with Crippen LogP contribution >= 0.6 is 45.8 Å². The lowest BCUT2D eigenvalue weighted by Gasteiger charge is -2.37. The van der Waals surface area contributed by atoms with Gasteiger partial charge >= 0.3 is 0 Å². The molecule has 2 aromatic carbocycles. The van der Waals surface area contributed by atoms with Gasteiger partial charge in [-0.25, -0.2) is 0 Å². The van der Waals surface area contributed by atoms with Gasteiger partial charge in [0.05, 0.1) is 11.9 Å². The molecule has 3 unspecified atom stereocenters. The Hall–Kier alpha value is -1.18. The summed E-state index contributed by atoms with van der Waals surface area (Å²) in [5, 5.41) is 15.4. The molecule has 2 aromatic rings. The number of carboxylic acid groups (broad SMARTS) is 1. The Bertz CT molecular complexity index is 842. The average Bonchev–Trinajstić information content (AvgIpc) is 2.84. The molecule has 0 radical (unpaired) electrons. The molecule has 118 valence electrons. The number of carbonyl (C=O) groups excluding carboxylic acids is 1. The fraction of sp³-hybridized carbons (Fsp3) is 0.188. The highest BCUT2D eigenvalue weighted by molar-refractivity contribution is 14.1. The molecule has 0 fully saturated rings. The first-order valence-electron chi connectivity index (χ1n) is 6.88. The molecule has 4 rings (SSSR count). The molecule has 0 saturated carbocycles. The fourth-order valence-corrected chi connectivity index (χ4v) is 4.43. The van der Waals surface area contributed by atoms with Crippen molar-refractivity contribution in [3.8, 4) is 5.75 Å². The second-order valence-electron chi connectivity index (χ2n) is 5.53. The first kappa shape index (κ1) is 15.4. The molecule has 23 heavy (non-hydrogen) atoms. The van der Waals surface area contributed by atoms with Crippen LogP contribution in [0.5, 0.6) is 5.75 Å². The minimum atomic E-state index is -1.22. The monoisotopic (exact) mass is 460 g/mol. The summed E-state index contributed by atoms with van der Waals surface area (Å²) in [7, 11) is 0. The SMILES string of the molecule is O=C([O-])C1Nc2cc(Cl)cc(Cl)c2C2c3cc(I)ccc3OC12. The summed E-state index contributed by atoms with van der Waals surface area (Å²) in [5.74, 6) is -0.819. The van der Waals surface area contributed by atoms with E-state index in [0.29, 0.717) is 21.5 Å². The van der Waals surface area contributed by atoms with Crippen LogP contribution in [-0.2, 0) is 4.79 Å². The Morgan fingerprint density at radius 1 is 1.26 bits per heavy atom. The van der Waals surface area contributed by atoms with Gasteiger partial charge in [-0.1, -0.05) is 23.2 Å². The predicted molar refractivity (Wildman–Crippen MR) is 94.3 cm³/mol. The van der Waals surface area contributed by atoms with Crippen molar-refractivity contribution in [3.05, 3.63) is 55.1 Å². The number of fused-ring (bicyclic) bond motifs is 5. The smallest absolute Gasteiger partial charge is 0.135 e. The van der Waals surface area contributed by atoms with Gasteiger partial charge in [0.2, 0.25) is 0 Å². The maximum absolute atomic E-state index is 11.6. The van der Waals surface area contributed by atoms with Crippen LogP contribution < -0.4 is 15.2 Å². The van der Waals surface area contributed by atoms with Crippen molar-refractivity contribution in [2.24, 2.45) is 0 Å². The second-order valence-corrected chi connectivity index (χ2v) is 7.62. The second kappa shape index (κ2) is 5.43. The van der Waals surface area contributed by atoms with E-state index in [4.69, 9.17) is 27.9 Å². The number of nitrogens with one attached hydrogen (secondary N) is 1. The van der Waals surface area contributed by atoms with Gasteiger partial charge in [0.1, 0.15) is 17.9 Å². The minimum absolute atomic E-state index is 0.274. The molecule has 0 aliphatic carbocycles. The lowest BCUT2D eigenvalue weighted by atomic mass is 9.81. The molecular formula is C16H9Cl2INO3-. The van der Waals surface area contributed by atoms with Crippen LogP contribution in [0, 0.1) is 3.57 Å². The number of halogens is 3. The van der Waals surface area contributed by atoms with E-state index in [2.05, 4.69) is 27.9 Å². The lowest BCUT2D eigenvalue weighted by molar-refractivity contribution is -0.308. The summed E-state index contributed by atoms with van der Waals surface area (Å²) in [5.41, 5.74) is 2.34. The van der Waals surface area contributed by atoms with Crippen LogP contribution in [-0.4, -0.2) is 18.1 Å². The molecule has 7 heteroatoms. The Morgan fingerprint density at radius 2 is 2.04 bits per heavy atom. The molecule has 1 N–H and O–H groups in total. The highest BCUT2D eigenvalue weighted by Gasteiger charge is 2.46.